The van der Waals surface area contributed by atoms with Crippen LogP contribution in [0.5, 0.6) is 17.2 Å². The van der Waals surface area contributed by atoms with Crippen molar-refractivity contribution < 1.29 is 14.2 Å². The van der Waals surface area contributed by atoms with Gasteiger partial charge in [0.1, 0.15) is 11.8 Å². The van der Waals surface area contributed by atoms with E-state index in [4.69, 9.17) is 19.9 Å². The molecule has 2 aromatic rings. The van der Waals surface area contributed by atoms with Crippen molar-refractivity contribution in [2.45, 2.75) is 12.3 Å². The molecule has 1 atom stereocenters. The smallest absolute Gasteiger partial charge is 0.205 e. The fourth-order valence-electron chi connectivity index (χ4n) is 3.35. The molecule has 146 valence electrons. The molecule has 1 aliphatic rings. The first kappa shape index (κ1) is 19.9. The standard InChI is InChI=1S/C21H22BrN3O3/c1-25(2)13-5-6-14-15(16(11-23)21(24)28-18(14)10-13)7-12-8-17(22)20(27-4)19(9-12)26-3/h5-6,8-10,15H,7,24H2,1-4H3. The number of hydrogen-bond donors (Lipinski definition) is 1. The van der Waals surface area contributed by atoms with E-state index in [1.54, 1.807) is 14.2 Å². The summed E-state index contributed by atoms with van der Waals surface area (Å²) in [7, 11) is 7.11. The average molecular weight is 444 g/mol. The topological polar surface area (TPSA) is 80.7 Å². The lowest BCUT2D eigenvalue weighted by Crippen LogP contribution is -2.22. The highest BCUT2D eigenvalue weighted by Gasteiger charge is 2.30. The molecule has 2 aromatic carbocycles. The second-order valence-corrected chi connectivity index (χ2v) is 7.53. The summed E-state index contributed by atoms with van der Waals surface area (Å²) in [6.07, 6.45) is 0.570. The highest BCUT2D eigenvalue weighted by atomic mass is 79.9. The van der Waals surface area contributed by atoms with Gasteiger partial charge in [-0.2, -0.15) is 5.26 Å². The van der Waals surface area contributed by atoms with E-state index in [-0.39, 0.29) is 11.8 Å². The zero-order valence-electron chi connectivity index (χ0n) is 16.2. The lowest BCUT2D eigenvalue weighted by molar-refractivity contribution is 0.352. The summed E-state index contributed by atoms with van der Waals surface area (Å²) in [6.45, 7) is 0. The van der Waals surface area contributed by atoms with Crippen LogP contribution in [0.3, 0.4) is 0 Å². The molecule has 2 N–H and O–H groups in total. The molecule has 3 rings (SSSR count). The first-order chi connectivity index (χ1) is 13.4. The van der Waals surface area contributed by atoms with E-state index in [9.17, 15) is 5.26 Å². The van der Waals surface area contributed by atoms with Crippen LogP contribution in [0, 0.1) is 11.3 Å². The third-order valence-electron chi connectivity index (χ3n) is 4.78. The monoisotopic (exact) mass is 443 g/mol. The van der Waals surface area contributed by atoms with Crippen LogP contribution in [0.15, 0.2) is 46.3 Å². The molecule has 28 heavy (non-hydrogen) atoms. The van der Waals surface area contributed by atoms with Gasteiger partial charge >= 0.3 is 0 Å². The number of anilines is 1. The molecule has 0 saturated heterocycles. The Kier molecular flexibility index (Phi) is 5.71. The number of rotatable bonds is 5. The Morgan fingerprint density at radius 2 is 1.96 bits per heavy atom. The molecule has 1 heterocycles. The highest BCUT2D eigenvalue weighted by Crippen LogP contribution is 2.43. The number of allylic oxidation sites excluding steroid dienone is 1. The molecule has 0 bridgehead atoms. The Morgan fingerprint density at radius 3 is 2.57 bits per heavy atom. The number of nitrogens with two attached hydrogens (primary N) is 1. The van der Waals surface area contributed by atoms with Crippen LogP contribution < -0.4 is 24.8 Å². The third-order valence-corrected chi connectivity index (χ3v) is 5.37. The fraction of sp³-hybridized carbons (Fsp3) is 0.286. The lowest BCUT2D eigenvalue weighted by atomic mass is 9.84. The Hall–Kier alpha value is -2.85. The van der Waals surface area contributed by atoms with Crippen molar-refractivity contribution in [3.05, 3.63) is 57.4 Å². The van der Waals surface area contributed by atoms with Gasteiger partial charge in [-0.05, 0) is 46.1 Å². The van der Waals surface area contributed by atoms with E-state index in [2.05, 4.69) is 22.0 Å². The molecule has 7 heteroatoms. The average Bonchev–Trinajstić information content (AvgIpc) is 2.67. The van der Waals surface area contributed by atoms with Crippen LogP contribution in [0.25, 0.3) is 0 Å². The summed E-state index contributed by atoms with van der Waals surface area (Å²) in [5, 5.41) is 9.69. The largest absolute Gasteiger partial charge is 0.493 e. The third kappa shape index (κ3) is 3.60. The molecule has 0 amide bonds. The minimum Gasteiger partial charge on any atom is -0.493 e. The molecule has 1 aliphatic heterocycles. The second-order valence-electron chi connectivity index (χ2n) is 6.68. The van der Waals surface area contributed by atoms with Crippen LogP contribution in [-0.2, 0) is 6.42 Å². The molecule has 0 radical (unpaired) electrons. The lowest BCUT2D eigenvalue weighted by Gasteiger charge is -2.27. The number of fused-ring (bicyclic) bond motifs is 1. The zero-order valence-corrected chi connectivity index (χ0v) is 17.8. The van der Waals surface area contributed by atoms with Crippen LogP contribution in [0.2, 0.25) is 0 Å². The molecular weight excluding hydrogens is 422 g/mol. The number of benzene rings is 2. The normalized spacial score (nSPS) is 15.4. The first-order valence-corrected chi connectivity index (χ1v) is 9.48. The van der Waals surface area contributed by atoms with Crippen molar-refractivity contribution in [2.75, 3.05) is 33.2 Å². The van der Waals surface area contributed by atoms with E-state index in [1.165, 1.54) is 0 Å². The molecule has 0 aliphatic carbocycles. The van der Waals surface area contributed by atoms with Gasteiger partial charge in [0.15, 0.2) is 11.5 Å². The van der Waals surface area contributed by atoms with Gasteiger partial charge in [-0.25, -0.2) is 0 Å². The minimum absolute atomic E-state index is 0.149. The Labute approximate surface area is 173 Å². The van der Waals surface area contributed by atoms with Gasteiger partial charge in [0.2, 0.25) is 5.88 Å². The van der Waals surface area contributed by atoms with E-state index in [1.807, 2.05) is 49.3 Å². The van der Waals surface area contributed by atoms with E-state index in [0.717, 1.165) is 21.3 Å². The number of nitrogens with zero attached hydrogens (tertiary/aromatic N) is 2. The van der Waals surface area contributed by atoms with Crippen LogP contribution in [-0.4, -0.2) is 28.3 Å². The summed E-state index contributed by atoms with van der Waals surface area (Å²) in [5.41, 5.74) is 9.42. The molecule has 6 nitrogen and oxygen atoms in total. The van der Waals surface area contributed by atoms with Crippen LogP contribution >= 0.6 is 15.9 Å². The van der Waals surface area contributed by atoms with Crippen molar-refractivity contribution >= 4 is 21.6 Å². The van der Waals surface area contributed by atoms with E-state index in [0.29, 0.717) is 29.2 Å². The zero-order chi connectivity index (χ0) is 20.4. The van der Waals surface area contributed by atoms with Crippen LogP contribution in [0.4, 0.5) is 5.69 Å². The van der Waals surface area contributed by atoms with Gasteiger partial charge in [-0.3, -0.25) is 0 Å². The molecule has 0 saturated carbocycles. The van der Waals surface area contributed by atoms with Gasteiger partial charge in [-0.15, -0.1) is 0 Å². The van der Waals surface area contributed by atoms with Gasteiger partial charge in [-0.1, -0.05) is 6.07 Å². The van der Waals surface area contributed by atoms with Crippen LogP contribution in [0.1, 0.15) is 17.0 Å². The molecule has 0 fully saturated rings. The number of halogens is 1. The van der Waals surface area contributed by atoms with E-state index >= 15 is 0 Å². The number of methoxy groups -OCH3 is 2. The van der Waals surface area contributed by atoms with Crippen molar-refractivity contribution in [1.29, 1.82) is 5.26 Å². The second kappa shape index (κ2) is 8.03. The van der Waals surface area contributed by atoms with Crippen molar-refractivity contribution in [2.24, 2.45) is 5.73 Å². The molecular formula is C21H22BrN3O3. The fourth-order valence-corrected chi connectivity index (χ4v) is 4.00. The van der Waals surface area contributed by atoms with Gasteiger partial charge < -0.3 is 24.8 Å². The van der Waals surface area contributed by atoms with Gasteiger partial charge in [0, 0.05) is 37.3 Å². The van der Waals surface area contributed by atoms with Crippen molar-refractivity contribution in [3.8, 4) is 23.3 Å². The maximum absolute atomic E-state index is 9.69. The van der Waals surface area contributed by atoms with E-state index < -0.39 is 0 Å². The number of nitriles is 1. The Morgan fingerprint density at radius 1 is 1.21 bits per heavy atom. The number of ether oxygens (including phenoxy) is 3. The quantitative estimate of drug-likeness (QED) is 0.753. The summed E-state index contributed by atoms with van der Waals surface area (Å²) < 4.78 is 17.4. The maximum atomic E-state index is 9.69. The summed E-state index contributed by atoms with van der Waals surface area (Å²) in [4.78, 5) is 1.99. The SMILES string of the molecule is COc1cc(CC2C(C#N)=C(N)Oc3cc(N(C)C)ccc32)cc(Br)c1OC. The summed E-state index contributed by atoms with van der Waals surface area (Å²) in [5.74, 6) is 1.86. The summed E-state index contributed by atoms with van der Waals surface area (Å²) in [6, 6.07) is 12.0. The van der Waals surface area contributed by atoms with Gasteiger partial charge in [0.25, 0.3) is 0 Å². The molecule has 1 unspecified atom stereocenters. The van der Waals surface area contributed by atoms with Gasteiger partial charge in [0.05, 0.1) is 24.3 Å². The van der Waals surface area contributed by atoms with Crippen molar-refractivity contribution in [1.82, 2.24) is 0 Å². The molecule has 0 aromatic heterocycles. The maximum Gasteiger partial charge on any atom is 0.205 e. The van der Waals surface area contributed by atoms with Crippen molar-refractivity contribution in [3.63, 3.8) is 0 Å². The summed E-state index contributed by atoms with van der Waals surface area (Å²) >= 11 is 3.53. The first-order valence-electron chi connectivity index (χ1n) is 8.68. The Balaban J connectivity index is 2.06. The predicted molar refractivity (Wildman–Crippen MR) is 112 cm³/mol. The highest BCUT2D eigenvalue weighted by molar-refractivity contribution is 9.10. The number of hydrogen-bond acceptors (Lipinski definition) is 6. The predicted octanol–water partition coefficient (Wildman–Crippen LogP) is 3.94. The molecule has 0 spiro atoms. The minimum atomic E-state index is -0.213. The Bertz CT molecular complexity index is 980.